The Morgan fingerprint density at radius 3 is 2.80 bits per heavy atom. The molecule has 1 rings (SSSR count). The highest BCUT2D eigenvalue weighted by atomic mass is 32.2. The zero-order valence-electron chi connectivity index (χ0n) is 10.1. The average Bonchev–Trinajstić information content (AvgIpc) is 2.71. The van der Waals surface area contributed by atoms with Crippen LogP contribution < -0.4 is 5.32 Å². The van der Waals surface area contributed by atoms with E-state index in [2.05, 4.69) is 30.6 Å². The fraction of sp³-hybridized carbons (Fsp3) is 0.846. The Morgan fingerprint density at radius 1 is 1.40 bits per heavy atom. The lowest BCUT2D eigenvalue weighted by Crippen LogP contribution is -2.18. The normalized spacial score (nSPS) is 17.1. The Bertz CT molecular complexity index is 173. The van der Waals surface area contributed by atoms with Gasteiger partial charge in [0, 0.05) is 12.3 Å². The molecule has 88 valence electrons. The SMILES string of the molecule is C=C(CNCCC)CSCC1CCCC1. The Balaban J connectivity index is 1.91. The van der Waals surface area contributed by atoms with E-state index < -0.39 is 0 Å². The molecule has 0 amide bonds. The van der Waals surface area contributed by atoms with Gasteiger partial charge in [0.2, 0.25) is 0 Å². The molecule has 0 spiro atoms. The van der Waals surface area contributed by atoms with E-state index in [1.165, 1.54) is 43.4 Å². The van der Waals surface area contributed by atoms with Crippen LogP contribution in [0.1, 0.15) is 39.0 Å². The van der Waals surface area contributed by atoms with Crippen LogP contribution in [0.2, 0.25) is 0 Å². The van der Waals surface area contributed by atoms with Crippen LogP contribution in [0.25, 0.3) is 0 Å². The average molecular weight is 227 g/mol. The fourth-order valence-corrected chi connectivity index (χ4v) is 3.22. The fourth-order valence-electron chi connectivity index (χ4n) is 2.04. The third kappa shape index (κ3) is 6.26. The summed E-state index contributed by atoms with van der Waals surface area (Å²) >= 11 is 2.08. The quantitative estimate of drug-likeness (QED) is 0.503. The summed E-state index contributed by atoms with van der Waals surface area (Å²) in [5, 5.41) is 3.40. The Labute approximate surface area is 99.1 Å². The highest BCUT2D eigenvalue weighted by Crippen LogP contribution is 2.28. The summed E-state index contributed by atoms with van der Waals surface area (Å²) in [7, 11) is 0. The first-order valence-corrected chi connectivity index (χ1v) is 7.43. The Morgan fingerprint density at radius 2 is 2.13 bits per heavy atom. The van der Waals surface area contributed by atoms with Crippen molar-refractivity contribution in [2.45, 2.75) is 39.0 Å². The van der Waals surface area contributed by atoms with Crippen molar-refractivity contribution < 1.29 is 0 Å². The van der Waals surface area contributed by atoms with Gasteiger partial charge in [0.25, 0.3) is 0 Å². The molecule has 1 saturated carbocycles. The van der Waals surface area contributed by atoms with Gasteiger partial charge in [0.1, 0.15) is 0 Å². The van der Waals surface area contributed by atoms with Crippen LogP contribution in [0.3, 0.4) is 0 Å². The van der Waals surface area contributed by atoms with Crippen LogP contribution in [0.15, 0.2) is 12.2 Å². The van der Waals surface area contributed by atoms with Crippen molar-refractivity contribution in [3.05, 3.63) is 12.2 Å². The molecule has 15 heavy (non-hydrogen) atoms. The van der Waals surface area contributed by atoms with Crippen molar-refractivity contribution in [2.75, 3.05) is 24.6 Å². The highest BCUT2D eigenvalue weighted by molar-refractivity contribution is 7.99. The molecular formula is C13H25NS. The molecule has 1 aliphatic carbocycles. The lowest BCUT2D eigenvalue weighted by molar-refractivity contribution is 0.623. The zero-order valence-corrected chi connectivity index (χ0v) is 10.9. The maximum Gasteiger partial charge on any atom is 0.0170 e. The molecule has 0 saturated heterocycles. The molecule has 1 fully saturated rings. The summed E-state index contributed by atoms with van der Waals surface area (Å²) in [6.07, 6.45) is 7.07. The van der Waals surface area contributed by atoms with E-state index >= 15 is 0 Å². The summed E-state index contributed by atoms with van der Waals surface area (Å²) in [6, 6.07) is 0. The molecule has 0 aromatic rings. The lowest BCUT2D eigenvalue weighted by Gasteiger charge is -2.10. The summed E-state index contributed by atoms with van der Waals surface area (Å²) < 4.78 is 0. The van der Waals surface area contributed by atoms with Gasteiger partial charge >= 0.3 is 0 Å². The number of rotatable bonds is 8. The van der Waals surface area contributed by atoms with E-state index in [0.717, 1.165) is 24.8 Å². The second-order valence-corrected chi connectivity index (χ2v) is 5.62. The maximum atomic E-state index is 4.11. The third-order valence-electron chi connectivity index (χ3n) is 2.94. The molecule has 1 N–H and O–H groups in total. The maximum absolute atomic E-state index is 4.11. The van der Waals surface area contributed by atoms with E-state index in [4.69, 9.17) is 0 Å². The van der Waals surface area contributed by atoms with Gasteiger partial charge in [-0.15, -0.1) is 0 Å². The molecule has 2 heteroatoms. The largest absolute Gasteiger partial charge is 0.313 e. The van der Waals surface area contributed by atoms with Gasteiger partial charge in [0.05, 0.1) is 0 Å². The van der Waals surface area contributed by atoms with Crippen molar-refractivity contribution in [2.24, 2.45) is 5.92 Å². The molecule has 1 nitrogen and oxygen atoms in total. The monoisotopic (exact) mass is 227 g/mol. The molecule has 0 atom stereocenters. The van der Waals surface area contributed by atoms with Gasteiger partial charge in [0.15, 0.2) is 0 Å². The van der Waals surface area contributed by atoms with Crippen LogP contribution in [-0.2, 0) is 0 Å². The standard InChI is InChI=1S/C13H25NS/c1-3-8-14-9-12(2)10-15-11-13-6-4-5-7-13/h13-14H,2-11H2,1H3. The predicted molar refractivity (Wildman–Crippen MR) is 71.6 cm³/mol. The van der Waals surface area contributed by atoms with Crippen molar-refractivity contribution >= 4 is 11.8 Å². The smallest absolute Gasteiger partial charge is 0.0170 e. The van der Waals surface area contributed by atoms with Crippen molar-refractivity contribution in [1.82, 2.24) is 5.32 Å². The first-order chi connectivity index (χ1) is 7.33. The summed E-state index contributed by atoms with van der Waals surface area (Å²) in [5.41, 5.74) is 1.35. The molecule has 0 aromatic heterocycles. The first kappa shape index (κ1) is 13.1. The predicted octanol–water partition coefficient (Wildman–Crippen LogP) is 3.47. The Kier molecular flexibility index (Phi) is 7.20. The minimum atomic E-state index is 1.01. The highest BCUT2D eigenvalue weighted by Gasteiger charge is 2.14. The summed E-state index contributed by atoms with van der Waals surface area (Å²) in [6.45, 7) is 8.43. The summed E-state index contributed by atoms with van der Waals surface area (Å²) in [5.74, 6) is 3.51. The van der Waals surface area contributed by atoms with E-state index in [1.807, 2.05) is 0 Å². The van der Waals surface area contributed by atoms with Gasteiger partial charge in [-0.3, -0.25) is 0 Å². The molecule has 0 heterocycles. The van der Waals surface area contributed by atoms with Crippen LogP contribution in [0, 0.1) is 5.92 Å². The molecule has 0 unspecified atom stereocenters. The molecule has 0 bridgehead atoms. The minimum Gasteiger partial charge on any atom is -0.313 e. The van der Waals surface area contributed by atoms with Gasteiger partial charge in [-0.1, -0.05) is 31.9 Å². The number of hydrogen-bond acceptors (Lipinski definition) is 2. The number of thioether (sulfide) groups is 1. The molecule has 0 radical (unpaired) electrons. The van der Waals surface area contributed by atoms with Crippen LogP contribution >= 0.6 is 11.8 Å². The molecule has 1 aliphatic rings. The molecular weight excluding hydrogens is 202 g/mol. The number of hydrogen-bond donors (Lipinski definition) is 1. The lowest BCUT2D eigenvalue weighted by atomic mass is 10.1. The third-order valence-corrected chi connectivity index (χ3v) is 4.26. The van der Waals surface area contributed by atoms with E-state index in [0.29, 0.717) is 0 Å². The van der Waals surface area contributed by atoms with Crippen molar-refractivity contribution in [3.63, 3.8) is 0 Å². The van der Waals surface area contributed by atoms with Crippen molar-refractivity contribution in [1.29, 1.82) is 0 Å². The molecule has 0 aromatic carbocycles. The number of nitrogens with one attached hydrogen (secondary N) is 1. The van der Waals surface area contributed by atoms with Gasteiger partial charge in [-0.25, -0.2) is 0 Å². The van der Waals surface area contributed by atoms with E-state index in [1.54, 1.807) is 0 Å². The van der Waals surface area contributed by atoms with Crippen LogP contribution in [0.4, 0.5) is 0 Å². The van der Waals surface area contributed by atoms with Gasteiger partial charge in [-0.2, -0.15) is 11.8 Å². The zero-order chi connectivity index (χ0) is 10.9. The molecule has 0 aliphatic heterocycles. The van der Waals surface area contributed by atoms with E-state index in [9.17, 15) is 0 Å². The van der Waals surface area contributed by atoms with Gasteiger partial charge < -0.3 is 5.32 Å². The second kappa shape index (κ2) is 8.23. The van der Waals surface area contributed by atoms with E-state index in [-0.39, 0.29) is 0 Å². The van der Waals surface area contributed by atoms with Crippen molar-refractivity contribution in [3.8, 4) is 0 Å². The van der Waals surface area contributed by atoms with Crippen LogP contribution in [0.5, 0.6) is 0 Å². The van der Waals surface area contributed by atoms with Gasteiger partial charge in [-0.05, 0) is 37.5 Å². The summed E-state index contributed by atoms with van der Waals surface area (Å²) in [4.78, 5) is 0. The van der Waals surface area contributed by atoms with Crippen LogP contribution in [-0.4, -0.2) is 24.6 Å². The minimum absolute atomic E-state index is 1.01. The second-order valence-electron chi connectivity index (χ2n) is 4.59. The first-order valence-electron chi connectivity index (χ1n) is 6.28. The Hall–Kier alpha value is 0.0500. The topological polar surface area (TPSA) is 12.0 Å².